The molecule has 0 aliphatic heterocycles. The summed E-state index contributed by atoms with van der Waals surface area (Å²) >= 11 is 5.60. The number of benzene rings is 1. The highest BCUT2D eigenvalue weighted by atomic mass is 32.1. The van der Waals surface area contributed by atoms with Crippen LogP contribution in [0.3, 0.4) is 0 Å². The van der Waals surface area contributed by atoms with Crippen LogP contribution in [0.25, 0.3) is 5.69 Å². The van der Waals surface area contributed by atoms with Gasteiger partial charge in [-0.05, 0) is 42.9 Å². The van der Waals surface area contributed by atoms with E-state index in [1.165, 1.54) is 0 Å². The summed E-state index contributed by atoms with van der Waals surface area (Å²) in [7, 11) is 0. The summed E-state index contributed by atoms with van der Waals surface area (Å²) in [4.78, 5) is 18.1. The Morgan fingerprint density at radius 2 is 2.04 bits per heavy atom. The van der Waals surface area contributed by atoms with Gasteiger partial charge in [-0.1, -0.05) is 24.3 Å². The van der Waals surface area contributed by atoms with E-state index < -0.39 is 0 Å². The number of hydrogen-bond acceptors (Lipinski definition) is 6. The third-order valence-electron chi connectivity index (χ3n) is 4.17. The molecule has 8 heteroatoms. The predicted molar refractivity (Wildman–Crippen MR) is 108 cm³/mol. The highest BCUT2D eigenvalue weighted by Gasteiger charge is 2.13. The summed E-state index contributed by atoms with van der Waals surface area (Å²) < 4.78 is 9.27. The Balaban J connectivity index is 1.76. The summed E-state index contributed by atoms with van der Waals surface area (Å²) in [6.45, 7) is 3.82. The minimum absolute atomic E-state index is 0.211. The molecule has 28 heavy (non-hydrogen) atoms. The van der Waals surface area contributed by atoms with Gasteiger partial charge in [-0.3, -0.25) is 19.2 Å². The van der Waals surface area contributed by atoms with Crippen molar-refractivity contribution in [1.29, 1.82) is 0 Å². The topological polar surface area (TPSA) is 65.2 Å². The van der Waals surface area contributed by atoms with Gasteiger partial charge < -0.3 is 4.74 Å². The number of esters is 1. The third-order valence-corrected chi connectivity index (χ3v) is 4.58. The van der Waals surface area contributed by atoms with Crippen LogP contribution in [0, 0.1) is 4.77 Å². The molecule has 0 saturated carbocycles. The van der Waals surface area contributed by atoms with Crippen molar-refractivity contribution in [3.8, 4) is 5.69 Å². The van der Waals surface area contributed by atoms with Crippen LogP contribution in [-0.4, -0.2) is 43.4 Å². The Labute approximate surface area is 169 Å². The summed E-state index contributed by atoms with van der Waals surface area (Å²) in [5, 5.41) is 4.44. The average Bonchev–Trinajstić information content (AvgIpc) is 3.08. The molecular weight excluding hydrogens is 374 g/mol. The van der Waals surface area contributed by atoms with Crippen molar-refractivity contribution in [1.82, 2.24) is 24.2 Å². The number of ether oxygens (including phenoxy) is 1. The van der Waals surface area contributed by atoms with E-state index in [0.29, 0.717) is 37.6 Å². The van der Waals surface area contributed by atoms with E-state index >= 15 is 0 Å². The van der Waals surface area contributed by atoms with Gasteiger partial charge >= 0.3 is 5.97 Å². The largest absolute Gasteiger partial charge is 0.466 e. The average molecular weight is 398 g/mol. The lowest BCUT2D eigenvalue weighted by Crippen LogP contribution is -2.29. The molecule has 2 heterocycles. The molecular formula is C20H23N5O2S. The third kappa shape index (κ3) is 5.34. The van der Waals surface area contributed by atoms with Crippen LogP contribution in [0.5, 0.6) is 0 Å². The number of pyridine rings is 1. The van der Waals surface area contributed by atoms with Crippen molar-refractivity contribution in [3.05, 3.63) is 71.5 Å². The predicted octanol–water partition coefficient (Wildman–Crippen LogP) is 3.21. The van der Waals surface area contributed by atoms with Crippen LogP contribution in [0.2, 0.25) is 0 Å². The van der Waals surface area contributed by atoms with Gasteiger partial charge in [0.1, 0.15) is 6.33 Å². The zero-order valence-corrected chi connectivity index (χ0v) is 16.6. The van der Waals surface area contributed by atoms with Crippen LogP contribution in [0.1, 0.15) is 18.9 Å². The van der Waals surface area contributed by atoms with Crippen molar-refractivity contribution in [2.75, 3.05) is 13.2 Å². The van der Waals surface area contributed by atoms with Gasteiger partial charge in [0.25, 0.3) is 0 Å². The second-order valence-electron chi connectivity index (χ2n) is 6.23. The first kappa shape index (κ1) is 19.9. The van der Waals surface area contributed by atoms with Crippen LogP contribution < -0.4 is 0 Å². The molecule has 0 spiro atoms. The van der Waals surface area contributed by atoms with Crippen molar-refractivity contribution in [3.63, 3.8) is 0 Å². The molecule has 2 aromatic heterocycles. The van der Waals surface area contributed by atoms with Crippen molar-refractivity contribution >= 4 is 18.2 Å². The highest BCUT2D eigenvalue weighted by molar-refractivity contribution is 7.71. The van der Waals surface area contributed by atoms with E-state index in [4.69, 9.17) is 17.0 Å². The van der Waals surface area contributed by atoms with Crippen molar-refractivity contribution in [2.24, 2.45) is 0 Å². The van der Waals surface area contributed by atoms with Gasteiger partial charge in [-0.2, -0.15) is 5.10 Å². The molecule has 0 unspecified atom stereocenters. The Hall–Kier alpha value is -2.84. The van der Waals surface area contributed by atoms with Gasteiger partial charge in [0.15, 0.2) is 0 Å². The number of carbonyl (C=O) groups is 1. The Morgan fingerprint density at radius 3 is 2.75 bits per heavy atom. The summed E-state index contributed by atoms with van der Waals surface area (Å²) in [6.07, 6.45) is 5.58. The zero-order chi connectivity index (χ0) is 19.8. The number of carbonyl (C=O) groups excluding carboxylic acids is 1. The quantitative estimate of drug-likeness (QED) is 0.408. The molecule has 0 bridgehead atoms. The minimum Gasteiger partial charge on any atom is -0.466 e. The lowest BCUT2D eigenvalue weighted by Gasteiger charge is -2.21. The lowest BCUT2D eigenvalue weighted by molar-refractivity contribution is -0.143. The fraction of sp³-hybridized carbons (Fsp3) is 0.300. The zero-order valence-electron chi connectivity index (χ0n) is 15.8. The maximum absolute atomic E-state index is 11.8. The van der Waals surface area contributed by atoms with E-state index in [2.05, 4.69) is 15.0 Å². The molecule has 3 rings (SSSR count). The Bertz CT molecular complexity index is 940. The standard InChI is InChI=1S/C20H23N5O2S/c1-2-27-19(26)10-12-23(14-17-7-6-11-21-13-17)16-25-20(28)24(15-22-25)18-8-4-3-5-9-18/h3-9,11,13,15H,2,10,12,14,16H2,1H3. The molecule has 3 aromatic rings. The number of hydrogen-bond donors (Lipinski definition) is 0. The number of aromatic nitrogens is 4. The molecule has 0 aliphatic carbocycles. The second-order valence-corrected chi connectivity index (χ2v) is 6.59. The van der Waals surface area contributed by atoms with Gasteiger partial charge in [0.05, 0.1) is 19.7 Å². The SMILES string of the molecule is CCOC(=O)CCN(Cc1cccnc1)Cn1ncn(-c2ccccc2)c1=S. The fourth-order valence-corrected chi connectivity index (χ4v) is 3.08. The number of nitrogens with zero attached hydrogens (tertiary/aromatic N) is 5. The van der Waals surface area contributed by atoms with Crippen molar-refractivity contribution < 1.29 is 9.53 Å². The van der Waals surface area contributed by atoms with Crippen LogP contribution in [0.4, 0.5) is 0 Å². The van der Waals surface area contributed by atoms with E-state index in [0.717, 1.165) is 11.3 Å². The van der Waals surface area contributed by atoms with Gasteiger partial charge in [-0.15, -0.1) is 0 Å². The fourth-order valence-electron chi connectivity index (χ4n) is 2.82. The maximum Gasteiger partial charge on any atom is 0.307 e. The van der Waals surface area contributed by atoms with Crippen LogP contribution in [0.15, 0.2) is 61.2 Å². The van der Waals surface area contributed by atoms with Crippen LogP contribution >= 0.6 is 12.2 Å². The molecule has 7 nitrogen and oxygen atoms in total. The van der Waals surface area contributed by atoms with E-state index in [1.807, 2.05) is 53.2 Å². The monoisotopic (exact) mass is 397 g/mol. The molecule has 0 aliphatic rings. The summed E-state index contributed by atoms with van der Waals surface area (Å²) in [5.74, 6) is -0.211. The lowest BCUT2D eigenvalue weighted by atomic mass is 10.2. The number of rotatable bonds is 9. The maximum atomic E-state index is 11.8. The molecule has 146 valence electrons. The van der Waals surface area contributed by atoms with Gasteiger partial charge in [0.2, 0.25) is 4.77 Å². The normalized spacial score (nSPS) is 10.9. The van der Waals surface area contributed by atoms with E-state index in [9.17, 15) is 4.79 Å². The molecule has 0 fully saturated rings. The Morgan fingerprint density at radius 1 is 1.21 bits per heavy atom. The highest BCUT2D eigenvalue weighted by Crippen LogP contribution is 2.10. The van der Waals surface area contributed by atoms with Gasteiger partial charge in [0, 0.05) is 31.2 Å². The molecule has 1 aromatic carbocycles. The van der Waals surface area contributed by atoms with Gasteiger partial charge in [-0.25, -0.2) is 4.68 Å². The first-order chi connectivity index (χ1) is 13.7. The molecule has 0 atom stereocenters. The molecule has 0 amide bonds. The van der Waals surface area contributed by atoms with E-state index in [-0.39, 0.29) is 5.97 Å². The molecule has 0 N–H and O–H groups in total. The smallest absolute Gasteiger partial charge is 0.307 e. The second kappa shape index (κ2) is 9.91. The first-order valence-electron chi connectivity index (χ1n) is 9.14. The summed E-state index contributed by atoms with van der Waals surface area (Å²) in [5.41, 5.74) is 2.02. The van der Waals surface area contributed by atoms with Crippen LogP contribution in [-0.2, 0) is 22.7 Å². The Kier molecular flexibility index (Phi) is 7.05. The molecule has 0 radical (unpaired) electrons. The minimum atomic E-state index is -0.211. The summed E-state index contributed by atoms with van der Waals surface area (Å²) in [6, 6.07) is 13.8. The van der Waals surface area contributed by atoms with E-state index in [1.54, 1.807) is 24.1 Å². The molecule has 0 saturated heterocycles. The first-order valence-corrected chi connectivity index (χ1v) is 9.55. The number of para-hydroxylation sites is 1. The van der Waals surface area contributed by atoms with Crippen molar-refractivity contribution in [2.45, 2.75) is 26.6 Å².